The number of nitrogen functional groups attached to an aromatic ring is 1. The van der Waals surface area contributed by atoms with Gasteiger partial charge in [0.05, 0.1) is 25.7 Å². The van der Waals surface area contributed by atoms with Crippen molar-refractivity contribution in [2.24, 2.45) is 5.92 Å². The molecule has 2 aliphatic rings. The van der Waals surface area contributed by atoms with Crippen LogP contribution in [0.25, 0.3) is 0 Å². The lowest BCUT2D eigenvalue weighted by Gasteiger charge is -2.29. The highest BCUT2D eigenvalue weighted by Crippen LogP contribution is 2.56. The second-order valence-corrected chi connectivity index (χ2v) is 8.19. The summed E-state index contributed by atoms with van der Waals surface area (Å²) in [6, 6.07) is 1.49. The Balaban J connectivity index is 1.54. The van der Waals surface area contributed by atoms with E-state index in [1.807, 2.05) is 0 Å². The number of hydrogen-bond acceptors (Lipinski definition) is 10. The second kappa shape index (κ2) is 8.71. The first-order valence-corrected chi connectivity index (χ1v) is 10.5. The first-order valence-electron chi connectivity index (χ1n) is 9.05. The Morgan fingerprint density at radius 1 is 1.50 bits per heavy atom. The van der Waals surface area contributed by atoms with Gasteiger partial charge in [-0.05, 0) is 19.4 Å². The number of phosphoric acid groups is 1. The lowest BCUT2D eigenvalue weighted by molar-refractivity contribution is -0.147. The average Bonchev–Trinajstić information content (AvgIpc) is 3.04. The van der Waals surface area contributed by atoms with Crippen LogP contribution in [0.2, 0.25) is 0 Å². The molecule has 11 nitrogen and oxygen atoms in total. The number of fused-ring (bicyclic) bond motifs is 1. The van der Waals surface area contributed by atoms with Crippen molar-refractivity contribution in [3.05, 3.63) is 22.7 Å². The summed E-state index contributed by atoms with van der Waals surface area (Å²) < 4.78 is 40.7. The minimum atomic E-state index is -3.78. The van der Waals surface area contributed by atoms with Crippen LogP contribution >= 0.6 is 7.82 Å². The molecule has 0 aromatic carbocycles. The van der Waals surface area contributed by atoms with Crippen LogP contribution in [-0.4, -0.2) is 47.5 Å². The molecule has 5 atom stereocenters. The van der Waals surface area contributed by atoms with Gasteiger partial charge in [-0.3, -0.25) is 22.9 Å². The molecule has 0 radical (unpaired) electrons. The zero-order chi connectivity index (χ0) is 20.3. The summed E-state index contributed by atoms with van der Waals surface area (Å²) in [5, 5.41) is 0. The Bertz CT molecular complexity index is 815. The van der Waals surface area contributed by atoms with E-state index >= 15 is 0 Å². The van der Waals surface area contributed by atoms with Gasteiger partial charge in [0.15, 0.2) is 0 Å². The highest BCUT2D eigenvalue weighted by atomic mass is 31.2. The molecule has 0 saturated carbocycles. The smallest absolute Gasteiger partial charge is 0.466 e. The number of hydrogen-bond donors (Lipinski definition) is 1. The molecule has 156 valence electrons. The fourth-order valence-corrected chi connectivity index (χ4v) is 4.36. The minimum Gasteiger partial charge on any atom is -0.466 e. The number of anilines is 1. The van der Waals surface area contributed by atoms with Crippen LogP contribution in [-0.2, 0) is 32.4 Å². The molecule has 3 heterocycles. The molecule has 12 heteroatoms. The molecule has 28 heavy (non-hydrogen) atoms. The molecular formula is C16H24N3O8P. The van der Waals surface area contributed by atoms with E-state index in [-0.39, 0.29) is 31.4 Å². The van der Waals surface area contributed by atoms with Crippen molar-refractivity contribution in [3.8, 4) is 0 Å². The molecule has 2 N–H and O–H groups in total. The summed E-state index contributed by atoms with van der Waals surface area (Å²) in [7, 11) is -3.78. The maximum absolute atomic E-state index is 12.7. The molecule has 1 aromatic rings. The van der Waals surface area contributed by atoms with Gasteiger partial charge in [-0.25, -0.2) is 9.36 Å². The van der Waals surface area contributed by atoms with Crippen molar-refractivity contribution in [1.29, 1.82) is 0 Å². The molecule has 0 amide bonds. The molecule has 2 aliphatic heterocycles. The van der Waals surface area contributed by atoms with Crippen molar-refractivity contribution >= 4 is 19.6 Å². The van der Waals surface area contributed by atoms with Gasteiger partial charge in [-0.15, -0.1) is 0 Å². The van der Waals surface area contributed by atoms with E-state index in [1.54, 1.807) is 13.8 Å². The molecule has 1 unspecified atom stereocenters. The van der Waals surface area contributed by atoms with Crippen molar-refractivity contribution < 1.29 is 32.4 Å². The zero-order valence-corrected chi connectivity index (χ0v) is 16.6. The van der Waals surface area contributed by atoms with Gasteiger partial charge in [0, 0.05) is 12.6 Å². The molecule has 0 bridgehead atoms. The Kier molecular flexibility index (Phi) is 6.51. The predicted octanol–water partition coefficient (Wildman–Crippen LogP) is 1.24. The third-order valence-corrected chi connectivity index (χ3v) is 5.99. The van der Waals surface area contributed by atoms with Gasteiger partial charge >= 0.3 is 19.5 Å². The van der Waals surface area contributed by atoms with Crippen LogP contribution in [0.4, 0.5) is 5.82 Å². The lowest BCUT2D eigenvalue weighted by Crippen LogP contribution is -2.33. The van der Waals surface area contributed by atoms with Crippen molar-refractivity contribution in [2.75, 3.05) is 25.6 Å². The maximum atomic E-state index is 12.7. The second-order valence-electron chi connectivity index (χ2n) is 6.57. The number of aromatic nitrogens is 2. The summed E-state index contributed by atoms with van der Waals surface area (Å²) in [6.45, 7) is 3.74. The molecular weight excluding hydrogens is 393 g/mol. The Hall–Kier alpha value is -1.78. The molecule has 2 saturated heterocycles. The highest BCUT2D eigenvalue weighted by Gasteiger charge is 2.48. The molecule has 0 spiro atoms. The minimum absolute atomic E-state index is 0.00300. The largest absolute Gasteiger partial charge is 0.475 e. The first-order chi connectivity index (χ1) is 13.3. The fourth-order valence-electron chi connectivity index (χ4n) is 2.95. The van der Waals surface area contributed by atoms with Crippen LogP contribution < -0.4 is 11.4 Å². The lowest BCUT2D eigenvalue weighted by atomic mass is 10.1. The van der Waals surface area contributed by atoms with E-state index < -0.39 is 37.9 Å². The van der Waals surface area contributed by atoms with Crippen molar-refractivity contribution in [3.63, 3.8) is 0 Å². The number of carbonyl (C=O) groups excluding carboxylic acids is 1. The van der Waals surface area contributed by atoms with Crippen LogP contribution in [0, 0.1) is 5.92 Å². The zero-order valence-electron chi connectivity index (χ0n) is 15.7. The number of nitrogens with zero attached hydrogens (tertiary/aromatic N) is 2. The van der Waals surface area contributed by atoms with Crippen LogP contribution in [0.15, 0.2) is 17.1 Å². The van der Waals surface area contributed by atoms with E-state index in [0.29, 0.717) is 13.0 Å². The van der Waals surface area contributed by atoms with Gasteiger partial charge in [-0.2, -0.15) is 4.98 Å². The quantitative estimate of drug-likeness (QED) is 0.509. The van der Waals surface area contributed by atoms with Gasteiger partial charge in [0.2, 0.25) is 0 Å². The highest BCUT2D eigenvalue weighted by molar-refractivity contribution is 7.48. The third kappa shape index (κ3) is 4.79. The third-order valence-electron chi connectivity index (χ3n) is 4.49. The van der Waals surface area contributed by atoms with E-state index in [9.17, 15) is 14.2 Å². The van der Waals surface area contributed by atoms with Gasteiger partial charge in [-0.1, -0.05) is 6.92 Å². The van der Waals surface area contributed by atoms with Crippen molar-refractivity contribution in [1.82, 2.24) is 9.55 Å². The number of ether oxygens (including phenoxy) is 2. The molecule has 3 rings (SSSR count). The maximum Gasteiger partial charge on any atom is 0.475 e. The standard InChI is InChI=1S/C16H24N3O8P/c1-3-23-15(20)10(2)5-7-24-28(22)25-9-12-11(27-28)8-14(26-12)19-6-4-13(17)18-16(19)21/h4,6,10-12,14H,3,5,7-9H2,1-2H3,(H2,17,18,21)/t10-,11+,12-,14-,28?/m0/s1. The fraction of sp³-hybridized carbons (Fsp3) is 0.688. The van der Waals surface area contributed by atoms with Crippen LogP contribution in [0.3, 0.4) is 0 Å². The topological polar surface area (TPSA) is 141 Å². The summed E-state index contributed by atoms with van der Waals surface area (Å²) in [4.78, 5) is 27.2. The van der Waals surface area contributed by atoms with Crippen molar-refractivity contribution in [2.45, 2.75) is 45.1 Å². The number of carbonyl (C=O) groups is 1. The van der Waals surface area contributed by atoms with Gasteiger partial charge in [0.25, 0.3) is 0 Å². The molecule has 2 fully saturated rings. The van der Waals surface area contributed by atoms with E-state index in [1.165, 1.54) is 16.8 Å². The van der Waals surface area contributed by atoms with Gasteiger partial charge < -0.3 is 15.2 Å². The number of esters is 1. The summed E-state index contributed by atoms with van der Waals surface area (Å²) in [5.74, 6) is -0.621. The predicted molar refractivity (Wildman–Crippen MR) is 96.2 cm³/mol. The monoisotopic (exact) mass is 417 g/mol. The summed E-state index contributed by atoms with van der Waals surface area (Å²) >= 11 is 0. The van der Waals surface area contributed by atoms with E-state index in [0.717, 1.165) is 0 Å². The van der Waals surface area contributed by atoms with Gasteiger partial charge in [0.1, 0.15) is 24.3 Å². The summed E-state index contributed by atoms with van der Waals surface area (Å²) in [6.07, 6.45) is 0.409. The normalized spacial score (nSPS) is 30.6. The van der Waals surface area contributed by atoms with Crippen LogP contribution in [0.1, 0.15) is 32.9 Å². The van der Waals surface area contributed by atoms with Crippen LogP contribution in [0.5, 0.6) is 0 Å². The number of phosphoric ester groups is 1. The van der Waals surface area contributed by atoms with E-state index in [2.05, 4.69) is 4.98 Å². The Morgan fingerprint density at radius 2 is 2.29 bits per heavy atom. The van der Waals surface area contributed by atoms with E-state index in [4.69, 9.17) is 28.8 Å². The molecule has 1 aromatic heterocycles. The average molecular weight is 417 g/mol. The molecule has 0 aliphatic carbocycles. The Labute approximate surface area is 161 Å². The number of rotatable bonds is 7. The first kappa shape index (κ1) is 20.9. The summed E-state index contributed by atoms with van der Waals surface area (Å²) in [5.41, 5.74) is 4.95. The Morgan fingerprint density at radius 3 is 3.00 bits per heavy atom. The number of nitrogens with two attached hydrogens (primary N) is 1. The SMILES string of the molecule is CCOC(=O)[C@@H](C)CCOP1(=O)OC[C@@H]2O[C@H](n3ccc(N)nc3=O)C[C@H]2O1.